The van der Waals surface area contributed by atoms with Crippen LogP contribution in [-0.2, 0) is 9.53 Å². The van der Waals surface area contributed by atoms with E-state index in [1.54, 1.807) is 0 Å². The molecule has 0 bridgehead atoms. The zero-order valence-corrected chi connectivity index (χ0v) is 9.17. The Morgan fingerprint density at radius 1 is 1.44 bits per heavy atom. The van der Waals surface area contributed by atoms with Crippen molar-refractivity contribution in [2.45, 2.75) is 12.1 Å². The van der Waals surface area contributed by atoms with Crippen LogP contribution in [0.1, 0.15) is 11.6 Å². The third kappa shape index (κ3) is 1.94. The highest BCUT2D eigenvalue weighted by atomic mass is 16.5. The van der Waals surface area contributed by atoms with Crippen molar-refractivity contribution in [1.82, 2.24) is 4.90 Å². The van der Waals surface area contributed by atoms with Gasteiger partial charge in [-0.2, -0.15) is 0 Å². The highest BCUT2D eigenvalue weighted by Gasteiger charge is 2.53. The predicted molar refractivity (Wildman–Crippen MR) is 58.8 cm³/mol. The van der Waals surface area contributed by atoms with Gasteiger partial charge in [-0.05, 0) is 5.56 Å². The molecule has 1 aliphatic rings. The Labute approximate surface area is 94.4 Å². The number of ether oxygens (including phenoxy) is 1. The summed E-state index contributed by atoms with van der Waals surface area (Å²) in [4.78, 5) is 13.4. The van der Waals surface area contributed by atoms with Crippen molar-refractivity contribution < 1.29 is 14.6 Å². The molecule has 0 spiro atoms. The molecule has 16 heavy (non-hydrogen) atoms. The van der Waals surface area contributed by atoms with Gasteiger partial charge in [-0.1, -0.05) is 30.3 Å². The molecule has 0 radical (unpaired) electrons. The third-order valence-corrected chi connectivity index (χ3v) is 2.87. The second kappa shape index (κ2) is 4.63. The number of benzene rings is 1. The molecule has 1 saturated heterocycles. The van der Waals surface area contributed by atoms with Gasteiger partial charge in [-0.15, -0.1) is 0 Å². The van der Waals surface area contributed by atoms with E-state index in [2.05, 4.69) is 0 Å². The Hall–Kier alpha value is -1.39. The van der Waals surface area contributed by atoms with Crippen molar-refractivity contribution in [3.63, 3.8) is 0 Å². The first-order chi connectivity index (χ1) is 7.79. The monoisotopic (exact) mass is 221 g/mol. The molecule has 0 saturated carbocycles. The quantitative estimate of drug-likeness (QED) is 0.597. The minimum Gasteiger partial charge on any atom is -0.468 e. The molecule has 0 aliphatic carbocycles. The molecule has 4 nitrogen and oxygen atoms in total. The van der Waals surface area contributed by atoms with Crippen molar-refractivity contribution in [1.29, 1.82) is 0 Å². The van der Waals surface area contributed by atoms with E-state index in [0.29, 0.717) is 6.54 Å². The lowest BCUT2D eigenvalue weighted by Crippen LogP contribution is -2.16. The van der Waals surface area contributed by atoms with Crippen LogP contribution in [0.3, 0.4) is 0 Å². The van der Waals surface area contributed by atoms with Gasteiger partial charge in [0, 0.05) is 6.54 Å². The normalized spacial score (nSPS) is 27.5. The summed E-state index contributed by atoms with van der Waals surface area (Å²) in [5, 5.41) is 8.92. The minimum atomic E-state index is -0.237. The molecule has 1 aromatic rings. The SMILES string of the molecule is COC(=O)C1C(c2ccccc2)N1CCO. The Kier molecular flexibility index (Phi) is 3.22. The van der Waals surface area contributed by atoms with Crippen LogP contribution in [0.4, 0.5) is 0 Å². The van der Waals surface area contributed by atoms with E-state index < -0.39 is 0 Å². The number of carbonyl (C=O) groups excluding carboxylic acids is 1. The van der Waals surface area contributed by atoms with Crippen LogP contribution in [0.15, 0.2) is 30.3 Å². The fraction of sp³-hybridized carbons (Fsp3) is 0.417. The average Bonchev–Trinajstić information content (AvgIpc) is 3.04. The molecule has 86 valence electrons. The molecule has 3 atom stereocenters. The summed E-state index contributed by atoms with van der Waals surface area (Å²) in [7, 11) is 1.39. The van der Waals surface area contributed by atoms with Crippen molar-refractivity contribution in [2.75, 3.05) is 20.3 Å². The summed E-state index contributed by atoms with van der Waals surface area (Å²) < 4.78 is 4.74. The van der Waals surface area contributed by atoms with Crippen LogP contribution in [0.25, 0.3) is 0 Å². The van der Waals surface area contributed by atoms with Gasteiger partial charge < -0.3 is 9.84 Å². The largest absolute Gasteiger partial charge is 0.468 e. The molecular weight excluding hydrogens is 206 g/mol. The first-order valence-electron chi connectivity index (χ1n) is 5.29. The molecule has 3 unspecified atom stereocenters. The highest BCUT2D eigenvalue weighted by Crippen LogP contribution is 2.43. The fourth-order valence-electron chi connectivity index (χ4n) is 2.08. The summed E-state index contributed by atoms with van der Waals surface area (Å²) in [5.41, 5.74) is 1.09. The van der Waals surface area contributed by atoms with Crippen LogP contribution in [0, 0.1) is 0 Å². The van der Waals surface area contributed by atoms with Crippen molar-refractivity contribution >= 4 is 5.97 Å². The molecule has 1 fully saturated rings. The lowest BCUT2D eigenvalue weighted by Gasteiger charge is -1.99. The van der Waals surface area contributed by atoms with Crippen LogP contribution < -0.4 is 0 Å². The van der Waals surface area contributed by atoms with Crippen LogP contribution in [-0.4, -0.2) is 42.3 Å². The predicted octanol–water partition coefficient (Wildman–Crippen LogP) is 0.577. The molecule has 2 rings (SSSR count). The summed E-state index contributed by atoms with van der Waals surface area (Å²) in [5.74, 6) is -0.234. The highest BCUT2D eigenvalue weighted by molar-refractivity contribution is 5.80. The number of hydrogen-bond donors (Lipinski definition) is 1. The molecule has 1 aromatic carbocycles. The fourth-order valence-corrected chi connectivity index (χ4v) is 2.08. The maximum absolute atomic E-state index is 11.5. The third-order valence-electron chi connectivity index (χ3n) is 2.87. The van der Waals surface area contributed by atoms with Gasteiger partial charge in [0.05, 0.1) is 19.8 Å². The second-order valence-electron chi connectivity index (χ2n) is 3.78. The minimum absolute atomic E-state index is 0.0524. The Bertz CT molecular complexity index is 366. The smallest absolute Gasteiger partial charge is 0.325 e. The lowest BCUT2D eigenvalue weighted by atomic mass is 10.1. The topological polar surface area (TPSA) is 49.5 Å². The molecule has 0 aromatic heterocycles. The number of methoxy groups -OCH3 is 1. The molecular formula is C12H15NO3. The number of β-amino-alcohol motifs (C(OH)–C–C–N with tert-alkyl or cyclic N) is 1. The van der Waals surface area contributed by atoms with E-state index in [-0.39, 0.29) is 24.7 Å². The first kappa shape index (κ1) is 11.1. The van der Waals surface area contributed by atoms with E-state index in [4.69, 9.17) is 9.84 Å². The van der Waals surface area contributed by atoms with Gasteiger partial charge in [-0.3, -0.25) is 9.69 Å². The number of nitrogens with zero attached hydrogens (tertiary/aromatic N) is 1. The molecule has 4 heteroatoms. The molecule has 1 aliphatic heterocycles. The van der Waals surface area contributed by atoms with Crippen LogP contribution >= 0.6 is 0 Å². The standard InChI is InChI=1S/C12H15NO3/c1-16-12(15)11-10(13(11)7-8-14)9-5-3-2-4-6-9/h2-6,10-11,14H,7-8H2,1H3. The van der Waals surface area contributed by atoms with Gasteiger partial charge in [0.25, 0.3) is 0 Å². The van der Waals surface area contributed by atoms with E-state index in [1.165, 1.54) is 7.11 Å². The Morgan fingerprint density at radius 2 is 2.12 bits per heavy atom. The summed E-state index contributed by atoms with van der Waals surface area (Å²) >= 11 is 0. The summed E-state index contributed by atoms with van der Waals surface area (Å²) in [6, 6.07) is 9.62. The number of aliphatic hydroxyl groups is 1. The average molecular weight is 221 g/mol. The number of rotatable bonds is 4. The van der Waals surface area contributed by atoms with Gasteiger partial charge in [0.1, 0.15) is 6.04 Å². The zero-order chi connectivity index (χ0) is 11.5. The van der Waals surface area contributed by atoms with Crippen molar-refractivity contribution in [3.8, 4) is 0 Å². The van der Waals surface area contributed by atoms with E-state index >= 15 is 0 Å². The maximum atomic E-state index is 11.5. The van der Waals surface area contributed by atoms with Crippen molar-refractivity contribution in [3.05, 3.63) is 35.9 Å². The number of esters is 1. The molecule has 1 N–H and O–H groups in total. The second-order valence-corrected chi connectivity index (χ2v) is 3.78. The maximum Gasteiger partial charge on any atom is 0.325 e. The Balaban J connectivity index is 2.13. The summed E-state index contributed by atoms with van der Waals surface area (Å²) in [6.07, 6.45) is 0. The number of hydrogen-bond acceptors (Lipinski definition) is 4. The van der Waals surface area contributed by atoms with Crippen LogP contribution in [0.2, 0.25) is 0 Å². The zero-order valence-electron chi connectivity index (χ0n) is 9.17. The number of aliphatic hydroxyl groups excluding tert-OH is 1. The van der Waals surface area contributed by atoms with Crippen molar-refractivity contribution in [2.24, 2.45) is 0 Å². The summed E-state index contributed by atoms with van der Waals surface area (Å²) in [6.45, 7) is 0.552. The van der Waals surface area contributed by atoms with E-state index in [1.807, 2.05) is 35.2 Å². The van der Waals surface area contributed by atoms with Crippen LogP contribution in [0.5, 0.6) is 0 Å². The van der Waals surface area contributed by atoms with Gasteiger partial charge >= 0.3 is 5.97 Å². The molecule has 0 amide bonds. The lowest BCUT2D eigenvalue weighted by molar-refractivity contribution is -0.140. The van der Waals surface area contributed by atoms with Gasteiger partial charge in [-0.25, -0.2) is 0 Å². The molecule has 1 heterocycles. The van der Waals surface area contributed by atoms with Gasteiger partial charge in [0.15, 0.2) is 0 Å². The van der Waals surface area contributed by atoms with E-state index in [9.17, 15) is 4.79 Å². The number of carbonyl (C=O) groups is 1. The first-order valence-corrected chi connectivity index (χ1v) is 5.29. The Morgan fingerprint density at radius 3 is 2.69 bits per heavy atom. The van der Waals surface area contributed by atoms with Gasteiger partial charge in [0.2, 0.25) is 0 Å². The van der Waals surface area contributed by atoms with E-state index in [0.717, 1.165) is 5.56 Å².